The van der Waals surface area contributed by atoms with Gasteiger partial charge in [0.1, 0.15) is 0 Å². The van der Waals surface area contributed by atoms with Gasteiger partial charge in [-0.3, -0.25) is 0 Å². The Morgan fingerprint density at radius 1 is 1.44 bits per heavy atom. The molecule has 0 saturated carbocycles. The zero-order valence-electron chi connectivity index (χ0n) is 9.65. The Labute approximate surface area is 95.9 Å². The van der Waals surface area contributed by atoms with Gasteiger partial charge >= 0.3 is 0 Å². The van der Waals surface area contributed by atoms with Crippen LogP contribution in [0.15, 0.2) is 23.0 Å². The Balaban J connectivity index is 1.83. The first-order valence-electron chi connectivity index (χ1n) is 5.86. The van der Waals surface area contributed by atoms with Crippen LogP contribution in [0.1, 0.15) is 18.9 Å². The van der Waals surface area contributed by atoms with Crippen molar-refractivity contribution < 1.29 is 13.9 Å². The van der Waals surface area contributed by atoms with Crippen molar-refractivity contribution in [2.24, 2.45) is 0 Å². The molecule has 2 heterocycles. The van der Waals surface area contributed by atoms with Gasteiger partial charge in [-0.25, -0.2) is 0 Å². The number of ether oxygens (including phenoxy) is 2. The summed E-state index contributed by atoms with van der Waals surface area (Å²) in [6.07, 6.45) is 5.30. The van der Waals surface area contributed by atoms with Gasteiger partial charge in [-0.05, 0) is 24.6 Å². The number of nitrogens with one attached hydrogen (secondary N) is 1. The third kappa shape index (κ3) is 3.33. The fourth-order valence-electron chi connectivity index (χ4n) is 2.00. The van der Waals surface area contributed by atoms with E-state index in [1.54, 1.807) is 12.5 Å². The van der Waals surface area contributed by atoms with Crippen LogP contribution in [-0.4, -0.2) is 32.1 Å². The normalized spacial score (nSPS) is 19.1. The molecule has 0 bridgehead atoms. The number of hydrogen-bond acceptors (Lipinski definition) is 4. The molecule has 1 aromatic rings. The van der Waals surface area contributed by atoms with E-state index in [1.807, 2.05) is 6.07 Å². The van der Waals surface area contributed by atoms with Gasteiger partial charge in [0.15, 0.2) is 6.29 Å². The van der Waals surface area contributed by atoms with E-state index in [-0.39, 0.29) is 6.29 Å². The van der Waals surface area contributed by atoms with Crippen LogP contribution in [0.2, 0.25) is 0 Å². The van der Waals surface area contributed by atoms with E-state index in [2.05, 4.69) is 12.2 Å². The molecule has 4 nitrogen and oxygen atoms in total. The SMILES string of the molecule is CCNC(Cc1ccoc1)CC1OCCO1. The van der Waals surface area contributed by atoms with Gasteiger partial charge < -0.3 is 19.2 Å². The minimum atomic E-state index is -0.0454. The van der Waals surface area contributed by atoms with Crippen molar-refractivity contribution in [1.29, 1.82) is 0 Å². The van der Waals surface area contributed by atoms with Crippen LogP contribution in [0.4, 0.5) is 0 Å². The first-order chi connectivity index (χ1) is 7.88. The van der Waals surface area contributed by atoms with E-state index >= 15 is 0 Å². The lowest BCUT2D eigenvalue weighted by Crippen LogP contribution is -2.34. The summed E-state index contributed by atoms with van der Waals surface area (Å²) >= 11 is 0. The number of hydrogen-bond donors (Lipinski definition) is 1. The molecule has 1 aromatic heterocycles. The largest absolute Gasteiger partial charge is 0.472 e. The van der Waals surface area contributed by atoms with Gasteiger partial charge in [0, 0.05) is 12.5 Å². The summed E-state index contributed by atoms with van der Waals surface area (Å²) < 4.78 is 16.0. The molecule has 0 aromatic carbocycles. The molecule has 0 spiro atoms. The average Bonchev–Trinajstić information content (AvgIpc) is 2.91. The molecule has 1 aliphatic rings. The van der Waals surface area contributed by atoms with E-state index < -0.39 is 0 Å². The fraction of sp³-hybridized carbons (Fsp3) is 0.667. The predicted molar refractivity (Wildman–Crippen MR) is 60.2 cm³/mol. The average molecular weight is 225 g/mol. The van der Waals surface area contributed by atoms with E-state index in [0.29, 0.717) is 6.04 Å². The van der Waals surface area contributed by atoms with Gasteiger partial charge in [-0.15, -0.1) is 0 Å². The third-order valence-electron chi connectivity index (χ3n) is 2.72. The van der Waals surface area contributed by atoms with Crippen LogP contribution in [0.25, 0.3) is 0 Å². The molecule has 1 atom stereocenters. The van der Waals surface area contributed by atoms with Crippen molar-refractivity contribution in [3.05, 3.63) is 24.2 Å². The number of likely N-dealkylation sites (N-methyl/N-ethyl adjacent to an activating group) is 1. The molecule has 4 heteroatoms. The van der Waals surface area contributed by atoms with E-state index in [4.69, 9.17) is 13.9 Å². The molecule has 0 aliphatic carbocycles. The maximum Gasteiger partial charge on any atom is 0.159 e. The molecule has 90 valence electrons. The fourth-order valence-corrected chi connectivity index (χ4v) is 2.00. The van der Waals surface area contributed by atoms with Gasteiger partial charge in [0.2, 0.25) is 0 Å². The van der Waals surface area contributed by atoms with Crippen molar-refractivity contribution >= 4 is 0 Å². The molecule has 1 N–H and O–H groups in total. The van der Waals surface area contributed by atoms with Crippen molar-refractivity contribution in [3.63, 3.8) is 0 Å². The second kappa shape index (κ2) is 6.03. The third-order valence-corrected chi connectivity index (χ3v) is 2.72. The summed E-state index contributed by atoms with van der Waals surface area (Å²) in [5, 5.41) is 3.45. The number of rotatable bonds is 6. The molecule has 2 rings (SSSR count). The van der Waals surface area contributed by atoms with Crippen LogP contribution >= 0.6 is 0 Å². The maximum absolute atomic E-state index is 5.46. The standard InChI is InChI=1S/C12H19NO3/c1-2-13-11(7-10-3-4-14-9-10)8-12-15-5-6-16-12/h3-4,9,11-13H,2,5-8H2,1H3. The van der Waals surface area contributed by atoms with Gasteiger partial charge in [-0.2, -0.15) is 0 Å². The first kappa shape index (κ1) is 11.6. The lowest BCUT2D eigenvalue weighted by atomic mass is 10.1. The lowest BCUT2D eigenvalue weighted by molar-refractivity contribution is -0.0525. The molecular formula is C12H19NO3. The zero-order valence-corrected chi connectivity index (χ0v) is 9.65. The van der Waals surface area contributed by atoms with Crippen LogP contribution in [0.5, 0.6) is 0 Å². The lowest BCUT2D eigenvalue weighted by Gasteiger charge is -2.20. The van der Waals surface area contributed by atoms with Crippen LogP contribution in [-0.2, 0) is 15.9 Å². The molecule has 1 aliphatic heterocycles. The van der Waals surface area contributed by atoms with Crippen molar-refractivity contribution in [2.45, 2.75) is 32.1 Å². The van der Waals surface area contributed by atoms with Gasteiger partial charge in [0.05, 0.1) is 25.7 Å². The monoisotopic (exact) mass is 225 g/mol. The predicted octanol–water partition coefficient (Wildman–Crippen LogP) is 1.56. The second-order valence-corrected chi connectivity index (χ2v) is 4.00. The summed E-state index contributed by atoms with van der Waals surface area (Å²) in [5.41, 5.74) is 1.21. The smallest absolute Gasteiger partial charge is 0.159 e. The van der Waals surface area contributed by atoms with Crippen molar-refractivity contribution in [2.75, 3.05) is 19.8 Å². The second-order valence-electron chi connectivity index (χ2n) is 4.00. The summed E-state index contributed by atoms with van der Waals surface area (Å²) in [5.74, 6) is 0. The summed E-state index contributed by atoms with van der Waals surface area (Å²) in [4.78, 5) is 0. The summed E-state index contributed by atoms with van der Waals surface area (Å²) in [6, 6.07) is 2.38. The molecular weight excluding hydrogens is 206 g/mol. The Morgan fingerprint density at radius 3 is 2.88 bits per heavy atom. The van der Waals surface area contributed by atoms with E-state index in [9.17, 15) is 0 Å². The first-order valence-corrected chi connectivity index (χ1v) is 5.86. The Hall–Kier alpha value is -0.840. The highest BCUT2D eigenvalue weighted by Gasteiger charge is 2.21. The van der Waals surface area contributed by atoms with Gasteiger partial charge in [0.25, 0.3) is 0 Å². The van der Waals surface area contributed by atoms with Crippen LogP contribution in [0, 0.1) is 0 Å². The minimum Gasteiger partial charge on any atom is -0.472 e. The highest BCUT2D eigenvalue weighted by molar-refractivity contribution is 5.07. The molecule has 1 unspecified atom stereocenters. The number of furan rings is 1. The van der Waals surface area contributed by atoms with Gasteiger partial charge in [-0.1, -0.05) is 6.92 Å². The Morgan fingerprint density at radius 2 is 2.25 bits per heavy atom. The quantitative estimate of drug-likeness (QED) is 0.798. The molecule has 1 saturated heterocycles. The molecule has 0 radical (unpaired) electrons. The highest BCUT2D eigenvalue weighted by Crippen LogP contribution is 2.14. The Kier molecular flexibility index (Phi) is 4.39. The van der Waals surface area contributed by atoms with Crippen LogP contribution in [0.3, 0.4) is 0 Å². The topological polar surface area (TPSA) is 43.6 Å². The minimum absolute atomic E-state index is 0.0454. The zero-order chi connectivity index (χ0) is 11.2. The molecule has 16 heavy (non-hydrogen) atoms. The van der Waals surface area contributed by atoms with Crippen molar-refractivity contribution in [1.82, 2.24) is 5.32 Å². The summed E-state index contributed by atoms with van der Waals surface area (Å²) in [6.45, 7) is 4.50. The van der Waals surface area contributed by atoms with Crippen molar-refractivity contribution in [3.8, 4) is 0 Å². The molecule has 0 amide bonds. The maximum atomic E-state index is 5.46. The highest BCUT2D eigenvalue weighted by atomic mass is 16.7. The molecule has 1 fully saturated rings. The Bertz CT molecular complexity index is 280. The summed E-state index contributed by atoms with van der Waals surface area (Å²) in [7, 11) is 0. The van der Waals surface area contributed by atoms with Crippen LogP contribution < -0.4 is 5.32 Å². The van der Waals surface area contributed by atoms with E-state index in [0.717, 1.165) is 32.6 Å². The van der Waals surface area contributed by atoms with E-state index in [1.165, 1.54) is 5.56 Å².